The van der Waals surface area contributed by atoms with Gasteiger partial charge >= 0.3 is 0 Å². The lowest BCUT2D eigenvalue weighted by molar-refractivity contribution is 0.536. The van der Waals surface area contributed by atoms with Gasteiger partial charge < -0.3 is 4.55 Å². The van der Waals surface area contributed by atoms with Crippen molar-refractivity contribution in [1.82, 2.24) is 0 Å². The summed E-state index contributed by atoms with van der Waals surface area (Å²) in [6.07, 6.45) is 0. The van der Waals surface area contributed by atoms with E-state index in [9.17, 15) is 8.76 Å². The number of hydrogen-bond acceptors (Lipinski definition) is 2. The first-order chi connectivity index (χ1) is 6.91. The SMILES string of the molecule is CC(C)c1cc(C(C)C)cc(S(=O)[O-])c1. The van der Waals surface area contributed by atoms with Gasteiger partial charge in [-0.1, -0.05) is 33.8 Å². The van der Waals surface area contributed by atoms with Crippen LogP contribution >= 0.6 is 0 Å². The van der Waals surface area contributed by atoms with Crippen molar-refractivity contribution in [2.24, 2.45) is 0 Å². The molecule has 0 bridgehead atoms. The molecule has 0 aliphatic heterocycles. The van der Waals surface area contributed by atoms with Gasteiger partial charge in [0.2, 0.25) is 0 Å². The highest BCUT2D eigenvalue weighted by atomic mass is 32.2. The minimum Gasteiger partial charge on any atom is -0.768 e. The first-order valence-electron chi connectivity index (χ1n) is 5.16. The standard InChI is InChI=1S/C12H18O2S/c1-8(2)10-5-11(9(3)4)7-12(6-10)15(13)14/h5-9H,1-4H3,(H,13,14)/p-1. The average molecular weight is 225 g/mol. The second-order valence-corrected chi connectivity index (χ2v) is 5.32. The van der Waals surface area contributed by atoms with Gasteiger partial charge in [-0.05, 0) is 46.2 Å². The molecular weight excluding hydrogens is 208 g/mol. The first kappa shape index (κ1) is 12.4. The van der Waals surface area contributed by atoms with Gasteiger partial charge in [0, 0.05) is 4.90 Å². The van der Waals surface area contributed by atoms with Gasteiger partial charge in [0.1, 0.15) is 0 Å². The van der Waals surface area contributed by atoms with Crippen LogP contribution in [0.25, 0.3) is 0 Å². The van der Waals surface area contributed by atoms with E-state index in [0.717, 1.165) is 11.1 Å². The van der Waals surface area contributed by atoms with Crippen molar-refractivity contribution in [3.8, 4) is 0 Å². The Kier molecular flexibility index (Phi) is 4.05. The Morgan fingerprint density at radius 1 is 1.00 bits per heavy atom. The third-order valence-electron chi connectivity index (χ3n) is 2.48. The van der Waals surface area contributed by atoms with E-state index in [1.165, 1.54) is 0 Å². The van der Waals surface area contributed by atoms with Crippen LogP contribution in [0.4, 0.5) is 0 Å². The monoisotopic (exact) mass is 225 g/mol. The molecule has 2 nitrogen and oxygen atoms in total. The normalized spacial score (nSPS) is 13.5. The number of rotatable bonds is 3. The van der Waals surface area contributed by atoms with Gasteiger partial charge in [-0.2, -0.15) is 0 Å². The molecule has 0 amide bonds. The number of benzene rings is 1. The topological polar surface area (TPSA) is 40.1 Å². The zero-order valence-electron chi connectivity index (χ0n) is 9.61. The minimum absolute atomic E-state index is 0.353. The molecule has 0 aliphatic rings. The van der Waals surface area contributed by atoms with E-state index in [1.807, 2.05) is 0 Å². The smallest absolute Gasteiger partial charge is 0.0254 e. The molecular formula is C12H17O2S-. The maximum Gasteiger partial charge on any atom is 0.0254 e. The van der Waals surface area contributed by atoms with E-state index in [0.29, 0.717) is 16.7 Å². The van der Waals surface area contributed by atoms with Gasteiger partial charge in [-0.25, -0.2) is 0 Å². The fourth-order valence-electron chi connectivity index (χ4n) is 1.41. The third kappa shape index (κ3) is 3.14. The van der Waals surface area contributed by atoms with Crippen molar-refractivity contribution in [3.63, 3.8) is 0 Å². The molecule has 15 heavy (non-hydrogen) atoms. The van der Waals surface area contributed by atoms with Crippen LogP contribution in [0.2, 0.25) is 0 Å². The van der Waals surface area contributed by atoms with Crippen LogP contribution in [0.5, 0.6) is 0 Å². The van der Waals surface area contributed by atoms with Crippen LogP contribution in [0.1, 0.15) is 50.7 Å². The maximum absolute atomic E-state index is 11.0. The molecule has 0 N–H and O–H groups in total. The molecule has 0 saturated heterocycles. The molecule has 1 aromatic rings. The average Bonchev–Trinajstić information content (AvgIpc) is 2.16. The van der Waals surface area contributed by atoms with E-state index in [-0.39, 0.29) is 0 Å². The minimum atomic E-state index is -2.13. The molecule has 1 aromatic carbocycles. The molecule has 3 heteroatoms. The Morgan fingerprint density at radius 3 is 1.67 bits per heavy atom. The summed E-state index contributed by atoms with van der Waals surface area (Å²) in [5.74, 6) is 0.706. The van der Waals surface area contributed by atoms with Gasteiger partial charge in [-0.3, -0.25) is 4.21 Å². The molecule has 0 aliphatic carbocycles. The van der Waals surface area contributed by atoms with Crippen molar-refractivity contribution in [2.45, 2.75) is 44.4 Å². The van der Waals surface area contributed by atoms with E-state index in [1.54, 1.807) is 12.1 Å². The summed E-state index contributed by atoms with van der Waals surface area (Å²) in [7, 11) is 0. The van der Waals surface area contributed by atoms with Crippen molar-refractivity contribution < 1.29 is 8.76 Å². The largest absolute Gasteiger partial charge is 0.768 e. The lowest BCUT2D eigenvalue weighted by atomic mass is 9.96. The van der Waals surface area contributed by atoms with E-state index < -0.39 is 11.1 Å². The zero-order valence-corrected chi connectivity index (χ0v) is 10.4. The molecule has 0 radical (unpaired) electrons. The maximum atomic E-state index is 11.0. The van der Waals surface area contributed by atoms with Crippen molar-refractivity contribution in [3.05, 3.63) is 29.3 Å². The highest BCUT2D eigenvalue weighted by Crippen LogP contribution is 2.24. The Labute approximate surface area is 94.0 Å². The molecule has 84 valence electrons. The summed E-state index contributed by atoms with van der Waals surface area (Å²) in [6.45, 7) is 8.27. The summed E-state index contributed by atoms with van der Waals surface area (Å²) >= 11 is -2.13. The summed E-state index contributed by atoms with van der Waals surface area (Å²) < 4.78 is 21.9. The molecule has 0 spiro atoms. The van der Waals surface area contributed by atoms with Crippen LogP contribution < -0.4 is 0 Å². The van der Waals surface area contributed by atoms with E-state index in [4.69, 9.17) is 0 Å². The van der Waals surface area contributed by atoms with Gasteiger partial charge in [0.05, 0.1) is 0 Å². The lowest BCUT2D eigenvalue weighted by Gasteiger charge is -2.15. The van der Waals surface area contributed by atoms with Crippen LogP contribution in [-0.4, -0.2) is 8.76 Å². The molecule has 1 unspecified atom stereocenters. The summed E-state index contributed by atoms with van der Waals surface area (Å²) in [5, 5.41) is 0. The summed E-state index contributed by atoms with van der Waals surface area (Å²) in [5.41, 5.74) is 2.17. The molecule has 0 fully saturated rings. The van der Waals surface area contributed by atoms with Crippen LogP contribution in [0.15, 0.2) is 23.1 Å². The van der Waals surface area contributed by atoms with Crippen molar-refractivity contribution in [1.29, 1.82) is 0 Å². The highest BCUT2D eigenvalue weighted by Gasteiger charge is 2.07. The Morgan fingerprint density at radius 2 is 1.40 bits per heavy atom. The predicted molar refractivity (Wildman–Crippen MR) is 61.8 cm³/mol. The van der Waals surface area contributed by atoms with Gasteiger partial charge in [0.25, 0.3) is 0 Å². The predicted octanol–water partition coefficient (Wildman–Crippen LogP) is 3.17. The Bertz CT molecular complexity index is 344. The van der Waals surface area contributed by atoms with E-state index >= 15 is 0 Å². The van der Waals surface area contributed by atoms with E-state index in [2.05, 4.69) is 33.8 Å². The van der Waals surface area contributed by atoms with Gasteiger partial charge in [0.15, 0.2) is 0 Å². The van der Waals surface area contributed by atoms with Crippen LogP contribution in [0, 0.1) is 0 Å². The molecule has 0 aromatic heterocycles. The third-order valence-corrected chi connectivity index (χ3v) is 3.10. The second-order valence-electron chi connectivity index (χ2n) is 4.38. The van der Waals surface area contributed by atoms with Crippen LogP contribution in [-0.2, 0) is 11.1 Å². The molecule has 1 rings (SSSR count). The molecule has 1 atom stereocenters. The number of hydrogen-bond donors (Lipinski definition) is 0. The fraction of sp³-hybridized carbons (Fsp3) is 0.500. The van der Waals surface area contributed by atoms with Crippen molar-refractivity contribution >= 4 is 11.1 Å². The van der Waals surface area contributed by atoms with Gasteiger partial charge in [-0.15, -0.1) is 0 Å². The molecule has 0 saturated carbocycles. The summed E-state index contributed by atoms with van der Waals surface area (Å²) in [4.78, 5) is 0.393. The molecule has 0 heterocycles. The van der Waals surface area contributed by atoms with Crippen LogP contribution in [0.3, 0.4) is 0 Å². The summed E-state index contributed by atoms with van der Waals surface area (Å²) in [6, 6.07) is 5.59. The fourth-order valence-corrected chi connectivity index (χ4v) is 1.87. The Balaban J connectivity index is 3.26. The lowest BCUT2D eigenvalue weighted by Crippen LogP contribution is -1.98. The Hall–Kier alpha value is -0.670. The van der Waals surface area contributed by atoms with Crippen molar-refractivity contribution in [2.75, 3.05) is 0 Å². The first-order valence-corrected chi connectivity index (χ1v) is 6.23. The quantitative estimate of drug-likeness (QED) is 0.741. The second kappa shape index (κ2) is 4.90. The zero-order chi connectivity index (χ0) is 11.6. The highest BCUT2D eigenvalue weighted by molar-refractivity contribution is 7.79.